The van der Waals surface area contributed by atoms with Crippen molar-refractivity contribution < 1.29 is 9.21 Å². The molecule has 2 aromatic rings. The number of oxazole rings is 1. The Morgan fingerprint density at radius 3 is 2.71 bits per heavy atom. The van der Waals surface area contributed by atoms with E-state index in [1.54, 1.807) is 31.6 Å². The predicted octanol–water partition coefficient (Wildman–Crippen LogP) is 2.04. The van der Waals surface area contributed by atoms with Crippen LogP contribution in [0, 0.1) is 13.8 Å². The maximum atomic E-state index is 11.9. The molecule has 0 aliphatic carbocycles. The van der Waals surface area contributed by atoms with Crippen LogP contribution in [0.25, 0.3) is 0 Å². The first-order valence-electron chi connectivity index (χ1n) is 4.92. The molecular weight excluding hydrogens is 288 g/mol. The Kier molecular flexibility index (Phi) is 3.01. The quantitative estimate of drug-likeness (QED) is 0.921. The summed E-state index contributed by atoms with van der Waals surface area (Å²) in [5, 5.41) is 6.77. The highest BCUT2D eigenvalue weighted by molar-refractivity contribution is 9.10. The van der Waals surface area contributed by atoms with Crippen LogP contribution < -0.4 is 5.32 Å². The first-order chi connectivity index (χ1) is 7.97. The fraction of sp³-hybridized carbons (Fsp3) is 0.300. The smallest absolute Gasteiger partial charge is 0.279 e. The second-order valence-corrected chi connectivity index (χ2v) is 4.38. The molecule has 0 saturated carbocycles. The third-order valence-electron chi connectivity index (χ3n) is 2.21. The van der Waals surface area contributed by atoms with Crippen LogP contribution in [-0.4, -0.2) is 20.7 Å². The minimum Gasteiger partial charge on any atom is -0.445 e. The maximum Gasteiger partial charge on any atom is 0.279 e. The highest BCUT2D eigenvalue weighted by atomic mass is 79.9. The predicted molar refractivity (Wildman–Crippen MR) is 64.8 cm³/mol. The lowest BCUT2D eigenvalue weighted by atomic mass is 10.3. The average Bonchev–Trinajstić information content (AvgIpc) is 2.70. The van der Waals surface area contributed by atoms with Crippen molar-refractivity contribution in [3.05, 3.63) is 28.0 Å². The topological polar surface area (TPSA) is 73.0 Å². The molecule has 0 unspecified atom stereocenters. The van der Waals surface area contributed by atoms with E-state index in [1.807, 2.05) is 0 Å². The molecule has 0 aliphatic rings. The number of amides is 1. The molecular formula is C10H11BrN4O2. The van der Waals surface area contributed by atoms with Gasteiger partial charge in [-0.15, -0.1) is 0 Å². The molecule has 2 aromatic heterocycles. The van der Waals surface area contributed by atoms with Crippen molar-refractivity contribution in [2.75, 3.05) is 5.32 Å². The molecule has 0 radical (unpaired) electrons. The van der Waals surface area contributed by atoms with Crippen LogP contribution in [0.4, 0.5) is 5.82 Å². The fourth-order valence-electron chi connectivity index (χ4n) is 1.46. The molecule has 0 bridgehead atoms. The van der Waals surface area contributed by atoms with Gasteiger partial charge in [0.15, 0.2) is 11.6 Å². The summed E-state index contributed by atoms with van der Waals surface area (Å²) < 4.78 is 7.42. The van der Waals surface area contributed by atoms with Gasteiger partial charge in [0.2, 0.25) is 0 Å². The Labute approximate surface area is 106 Å². The number of nitrogens with zero attached hydrogens (tertiary/aromatic N) is 3. The van der Waals surface area contributed by atoms with Crippen LogP contribution in [-0.2, 0) is 7.05 Å². The van der Waals surface area contributed by atoms with Gasteiger partial charge in [0.25, 0.3) is 5.91 Å². The summed E-state index contributed by atoms with van der Waals surface area (Å²) in [5.74, 6) is 1.25. The Balaban J connectivity index is 2.22. The van der Waals surface area contributed by atoms with E-state index >= 15 is 0 Å². The van der Waals surface area contributed by atoms with Crippen molar-refractivity contribution in [2.24, 2.45) is 7.05 Å². The lowest BCUT2D eigenvalue weighted by Gasteiger charge is -2.02. The molecule has 0 saturated heterocycles. The zero-order valence-corrected chi connectivity index (χ0v) is 11.2. The number of carbonyl (C=O) groups is 1. The van der Waals surface area contributed by atoms with E-state index in [-0.39, 0.29) is 5.91 Å². The minimum atomic E-state index is -0.310. The van der Waals surface area contributed by atoms with Gasteiger partial charge < -0.3 is 9.73 Å². The molecule has 6 nitrogen and oxygen atoms in total. The molecule has 2 heterocycles. The first-order valence-corrected chi connectivity index (χ1v) is 5.71. The number of carbonyl (C=O) groups excluding carboxylic acids is 1. The number of nitrogens with one attached hydrogen (secondary N) is 1. The van der Waals surface area contributed by atoms with Crippen molar-refractivity contribution in [1.29, 1.82) is 0 Å². The first kappa shape index (κ1) is 11.8. The molecule has 2 rings (SSSR count). The van der Waals surface area contributed by atoms with Crippen molar-refractivity contribution in [3.63, 3.8) is 0 Å². The monoisotopic (exact) mass is 298 g/mol. The van der Waals surface area contributed by atoms with Crippen LogP contribution in [0.1, 0.15) is 22.1 Å². The van der Waals surface area contributed by atoms with Crippen molar-refractivity contribution in [1.82, 2.24) is 14.8 Å². The van der Waals surface area contributed by atoms with Crippen LogP contribution >= 0.6 is 15.9 Å². The largest absolute Gasteiger partial charge is 0.445 e. The Morgan fingerprint density at radius 2 is 2.24 bits per heavy atom. The van der Waals surface area contributed by atoms with Gasteiger partial charge in [0.05, 0.1) is 0 Å². The van der Waals surface area contributed by atoms with E-state index in [9.17, 15) is 4.79 Å². The number of hydrogen-bond donors (Lipinski definition) is 1. The van der Waals surface area contributed by atoms with Crippen molar-refractivity contribution in [2.45, 2.75) is 13.8 Å². The van der Waals surface area contributed by atoms with E-state index in [0.29, 0.717) is 27.8 Å². The molecule has 0 atom stereocenters. The molecule has 1 N–H and O–H groups in total. The second kappa shape index (κ2) is 4.33. The van der Waals surface area contributed by atoms with Crippen LogP contribution in [0.5, 0.6) is 0 Å². The third kappa shape index (κ3) is 2.38. The van der Waals surface area contributed by atoms with Crippen LogP contribution in [0.2, 0.25) is 0 Å². The number of halogens is 1. The van der Waals surface area contributed by atoms with Crippen molar-refractivity contribution in [3.8, 4) is 0 Å². The number of anilines is 1. The summed E-state index contributed by atoms with van der Waals surface area (Å²) >= 11 is 3.23. The molecule has 7 heteroatoms. The highest BCUT2D eigenvalue weighted by Gasteiger charge is 2.17. The standard InChI is InChI=1S/C10H11BrN4O2/c1-5-9(12-6(2)17-5)10(16)13-8-4-7(11)14-15(8)3/h4H,1-3H3,(H,13,16). The summed E-state index contributed by atoms with van der Waals surface area (Å²) in [7, 11) is 1.74. The van der Waals surface area contributed by atoms with Crippen LogP contribution in [0.15, 0.2) is 15.1 Å². The molecule has 17 heavy (non-hydrogen) atoms. The van der Waals surface area contributed by atoms with E-state index in [4.69, 9.17) is 4.42 Å². The van der Waals surface area contributed by atoms with Gasteiger partial charge in [-0.3, -0.25) is 9.48 Å². The van der Waals surface area contributed by atoms with Gasteiger partial charge in [-0.2, -0.15) is 5.10 Å². The SMILES string of the molecule is Cc1nc(C(=O)Nc2cc(Br)nn2C)c(C)o1. The zero-order valence-electron chi connectivity index (χ0n) is 9.61. The molecule has 0 spiro atoms. The summed E-state index contributed by atoms with van der Waals surface area (Å²) in [6, 6.07) is 1.71. The molecule has 1 amide bonds. The average molecular weight is 299 g/mol. The number of hydrogen-bond acceptors (Lipinski definition) is 4. The second-order valence-electron chi connectivity index (χ2n) is 3.57. The lowest BCUT2D eigenvalue weighted by Crippen LogP contribution is -2.15. The van der Waals surface area contributed by atoms with Gasteiger partial charge in [0.1, 0.15) is 16.2 Å². The molecule has 0 fully saturated rings. The van der Waals surface area contributed by atoms with E-state index in [1.165, 1.54) is 0 Å². The highest BCUT2D eigenvalue weighted by Crippen LogP contribution is 2.16. The molecule has 0 aliphatic heterocycles. The van der Waals surface area contributed by atoms with E-state index < -0.39 is 0 Å². The summed E-state index contributed by atoms with van der Waals surface area (Å²) in [5.41, 5.74) is 0.292. The number of aromatic nitrogens is 3. The molecule has 0 aromatic carbocycles. The summed E-state index contributed by atoms with van der Waals surface area (Å²) in [6.07, 6.45) is 0. The third-order valence-corrected chi connectivity index (χ3v) is 2.60. The van der Waals surface area contributed by atoms with Gasteiger partial charge in [-0.25, -0.2) is 4.98 Å². The number of rotatable bonds is 2. The van der Waals surface area contributed by atoms with Gasteiger partial charge in [0, 0.05) is 20.0 Å². The van der Waals surface area contributed by atoms with E-state index in [2.05, 4.69) is 31.3 Å². The maximum absolute atomic E-state index is 11.9. The lowest BCUT2D eigenvalue weighted by molar-refractivity contribution is 0.102. The van der Waals surface area contributed by atoms with Gasteiger partial charge >= 0.3 is 0 Å². The fourth-order valence-corrected chi connectivity index (χ4v) is 1.92. The van der Waals surface area contributed by atoms with Gasteiger partial charge in [-0.1, -0.05) is 0 Å². The van der Waals surface area contributed by atoms with Crippen molar-refractivity contribution >= 4 is 27.7 Å². The minimum absolute atomic E-state index is 0.292. The van der Waals surface area contributed by atoms with E-state index in [0.717, 1.165) is 0 Å². The Hall–Kier alpha value is -1.63. The van der Waals surface area contributed by atoms with Gasteiger partial charge in [-0.05, 0) is 22.9 Å². The summed E-state index contributed by atoms with van der Waals surface area (Å²) in [6.45, 7) is 3.40. The normalized spacial score (nSPS) is 10.6. The number of aryl methyl sites for hydroxylation is 3. The zero-order chi connectivity index (χ0) is 12.6. The summed E-state index contributed by atoms with van der Waals surface area (Å²) in [4.78, 5) is 15.9. The molecule has 90 valence electrons. The Morgan fingerprint density at radius 1 is 1.53 bits per heavy atom. The Bertz CT molecular complexity index is 573. The van der Waals surface area contributed by atoms with Crippen LogP contribution in [0.3, 0.4) is 0 Å².